The number of benzene rings is 2. The van der Waals surface area contributed by atoms with Crippen molar-refractivity contribution in [2.24, 2.45) is 5.92 Å². The number of hydrogen-bond acceptors (Lipinski definition) is 2. The quantitative estimate of drug-likeness (QED) is 0.675. The molecular weight excluding hydrogens is 372 g/mol. The molecule has 28 heavy (non-hydrogen) atoms. The zero-order valence-electron chi connectivity index (χ0n) is 16.8. The number of rotatable bonds is 9. The molecule has 1 atom stereocenters. The Morgan fingerprint density at radius 1 is 1.00 bits per heavy atom. The highest BCUT2D eigenvalue weighted by atomic mass is 35.5. The van der Waals surface area contributed by atoms with Crippen molar-refractivity contribution in [2.45, 2.75) is 46.2 Å². The summed E-state index contributed by atoms with van der Waals surface area (Å²) in [5, 5.41) is 3.52. The normalized spacial score (nSPS) is 11.9. The molecule has 0 aliphatic heterocycles. The van der Waals surface area contributed by atoms with Crippen LogP contribution in [0.15, 0.2) is 54.6 Å². The lowest BCUT2D eigenvalue weighted by Crippen LogP contribution is -2.48. The van der Waals surface area contributed by atoms with Crippen LogP contribution in [0.1, 0.15) is 38.3 Å². The molecule has 5 heteroatoms. The molecule has 2 amide bonds. The van der Waals surface area contributed by atoms with Crippen molar-refractivity contribution < 1.29 is 9.59 Å². The zero-order chi connectivity index (χ0) is 20.5. The highest BCUT2D eigenvalue weighted by Gasteiger charge is 2.26. The van der Waals surface area contributed by atoms with E-state index in [2.05, 4.69) is 5.32 Å². The fraction of sp³-hybridized carbons (Fsp3) is 0.391. The molecule has 0 heterocycles. The van der Waals surface area contributed by atoms with Crippen molar-refractivity contribution in [3.8, 4) is 0 Å². The van der Waals surface area contributed by atoms with Gasteiger partial charge in [-0.25, -0.2) is 0 Å². The molecule has 0 spiro atoms. The number of carbonyl (C=O) groups excluding carboxylic acids is 2. The molecule has 150 valence electrons. The maximum atomic E-state index is 13.0. The monoisotopic (exact) mass is 400 g/mol. The van der Waals surface area contributed by atoms with Crippen LogP contribution in [0.25, 0.3) is 0 Å². The van der Waals surface area contributed by atoms with Crippen molar-refractivity contribution in [1.82, 2.24) is 10.2 Å². The van der Waals surface area contributed by atoms with Gasteiger partial charge in [0.15, 0.2) is 0 Å². The van der Waals surface area contributed by atoms with Crippen molar-refractivity contribution >= 4 is 23.4 Å². The molecule has 0 saturated carbocycles. The van der Waals surface area contributed by atoms with Gasteiger partial charge in [-0.1, -0.05) is 74.0 Å². The lowest BCUT2D eigenvalue weighted by Gasteiger charge is -2.29. The predicted molar refractivity (Wildman–Crippen MR) is 114 cm³/mol. The Bertz CT molecular complexity index is 777. The first-order valence-corrected chi connectivity index (χ1v) is 10.1. The third-order valence-electron chi connectivity index (χ3n) is 4.62. The number of amides is 2. The molecule has 0 aliphatic carbocycles. The van der Waals surface area contributed by atoms with Crippen molar-refractivity contribution in [1.29, 1.82) is 0 Å². The van der Waals surface area contributed by atoms with Gasteiger partial charge in [0.2, 0.25) is 11.8 Å². The topological polar surface area (TPSA) is 49.4 Å². The SMILES string of the molecule is CC(C)CNC(=O)C(C)N(Cc1ccccc1Cl)C(=O)CCc1ccccc1. The Kier molecular flexibility index (Phi) is 8.52. The molecule has 0 radical (unpaired) electrons. The summed E-state index contributed by atoms with van der Waals surface area (Å²) >= 11 is 6.29. The van der Waals surface area contributed by atoms with Crippen molar-refractivity contribution in [3.05, 3.63) is 70.7 Å². The van der Waals surface area contributed by atoms with Crippen LogP contribution in [0, 0.1) is 5.92 Å². The summed E-state index contributed by atoms with van der Waals surface area (Å²) in [6.45, 7) is 6.74. The number of carbonyl (C=O) groups is 2. The standard InChI is InChI=1S/C23H29ClN2O2/c1-17(2)15-25-23(28)18(3)26(16-20-11-7-8-12-21(20)24)22(27)14-13-19-9-5-4-6-10-19/h4-12,17-18H,13-16H2,1-3H3,(H,25,28). The van der Waals surface area contributed by atoms with E-state index in [4.69, 9.17) is 11.6 Å². The molecule has 2 aromatic carbocycles. The Labute approximate surface area is 172 Å². The van der Waals surface area contributed by atoms with Gasteiger partial charge < -0.3 is 10.2 Å². The number of hydrogen-bond donors (Lipinski definition) is 1. The van der Waals surface area contributed by atoms with E-state index in [-0.39, 0.29) is 11.8 Å². The molecule has 2 aromatic rings. The second kappa shape index (κ2) is 10.9. The van der Waals surface area contributed by atoms with Gasteiger partial charge in [-0.15, -0.1) is 0 Å². The van der Waals surface area contributed by atoms with Gasteiger partial charge in [0.05, 0.1) is 0 Å². The molecule has 0 bridgehead atoms. The highest BCUT2D eigenvalue weighted by Crippen LogP contribution is 2.19. The minimum atomic E-state index is -0.571. The summed E-state index contributed by atoms with van der Waals surface area (Å²) < 4.78 is 0. The van der Waals surface area contributed by atoms with E-state index < -0.39 is 6.04 Å². The minimum Gasteiger partial charge on any atom is -0.354 e. The molecule has 0 saturated heterocycles. The Balaban J connectivity index is 2.13. The summed E-state index contributed by atoms with van der Waals surface area (Å²) in [7, 11) is 0. The average molecular weight is 401 g/mol. The molecular formula is C23H29ClN2O2. The van der Waals surface area contributed by atoms with E-state index in [1.54, 1.807) is 17.9 Å². The highest BCUT2D eigenvalue weighted by molar-refractivity contribution is 6.31. The summed E-state index contributed by atoms with van der Waals surface area (Å²) in [4.78, 5) is 27.2. The second-order valence-corrected chi connectivity index (χ2v) is 7.82. The van der Waals surface area contributed by atoms with Gasteiger partial charge >= 0.3 is 0 Å². The van der Waals surface area contributed by atoms with Crippen LogP contribution < -0.4 is 5.32 Å². The molecule has 2 rings (SSSR count). The molecule has 0 aromatic heterocycles. The van der Waals surface area contributed by atoms with Crippen LogP contribution in [-0.2, 0) is 22.6 Å². The van der Waals surface area contributed by atoms with E-state index in [9.17, 15) is 9.59 Å². The van der Waals surface area contributed by atoms with Gasteiger partial charge in [-0.05, 0) is 36.5 Å². The molecule has 4 nitrogen and oxygen atoms in total. The Morgan fingerprint density at radius 3 is 2.29 bits per heavy atom. The summed E-state index contributed by atoms with van der Waals surface area (Å²) in [6, 6.07) is 16.7. The van der Waals surface area contributed by atoms with Crippen LogP contribution in [0.2, 0.25) is 5.02 Å². The summed E-state index contributed by atoms with van der Waals surface area (Å²) in [5.41, 5.74) is 1.94. The molecule has 1 unspecified atom stereocenters. The smallest absolute Gasteiger partial charge is 0.242 e. The fourth-order valence-corrected chi connectivity index (χ4v) is 3.08. The van der Waals surface area contributed by atoms with Crippen LogP contribution in [0.4, 0.5) is 0 Å². The van der Waals surface area contributed by atoms with E-state index in [1.807, 2.05) is 62.4 Å². The lowest BCUT2D eigenvalue weighted by atomic mass is 10.1. The first-order chi connectivity index (χ1) is 13.4. The Hall–Kier alpha value is -2.33. The lowest BCUT2D eigenvalue weighted by molar-refractivity contribution is -0.140. The van der Waals surface area contributed by atoms with Crippen LogP contribution in [0.3, 0.4) is 0 Å². The number of nitrogens with one attached hydrogen (secondary N) is 1. The molecule has 0 fully saturated rings. The van der Waals surface area contributed by atoms with E-state index in [0.717, 1.165) is 11.1 Å². The van der Waals surface area contributed by atoms with Gasteiger partial charge in [0.1, 0.15) is 6.04 Å². The first kappa shape index (κ1) is 22.0. The number of aryl methyl sites for hydroxylation is 1. The van der Waals surface area contributed by atoms with E-state index in [1.165, 1.54) is 0 Å². The summed E-state index contributed by atoms with van der Waals surface area (Å²) in [6.07, 6.45) is 0.981. The molecule has 0 aliphatic rings. The summed E-state index contributed by atoms with van der Waals surface area (Å²) in [5.74, 6) is 0.145. The van der Waals surface area contributed by atoms with E-state index in [0.29, 0.717) is 36.9 Å². The van der Waals surface area contributed by atoms with Crippen LogP contribution >= 0.6 is 11.6 Å². The van der Waals surface area contributed by atoms with Crippen molar-refractivity contribution in [3.63, 3.8) is 0 Å². The van der Waals surface area contributed by atoms with Crippen molar-refractivity contribution in [2.75, 3.05) is 6.54 Å². The average Bonchev–Trinajstić information content (AvgIpc) is 2.69. The predicted octanol–water partition coefficient (Wildman–Crippen LogP) is 4.46. The fourth-order valence-electron chi connectivity index (χ4n) is 2.88. The minimum absolute atomic E-state index is 0.0593. The van der Waals surface area contributed by atoms with Gasteiger partial charge in [0.25, 0.3) is 0 Å². The maximum Gasteiger partial charge on any atom is 0.242 e. The van der Waals surface area contributed by atoms with Gasteiger partial charge in [-0.3, -0.25) is 9.59 Å². The zero-order valence-corrected chi connectivity index (χ0v) is 17.6. The van der Waals surface area contributed by atoms with Gasteiger partial charge in [0, 0.05) is 24.5 Å². The van der Waals surface area contributed by atoms with Crippen LogP contribution in [0.5, 0.6) is 0 Å². The third kappa shape index (κ3) is 6.68. The number of halogens is 1. The van der Waals surface area contributed by atoms with E-state index >= 15 is 0 Å². The largest absolute Gasteiger partial charge is 0.354 e. The van der Waals surface area contributed by atoms with Crippen LogP contribution in [-0.4, -0.2) is 29.3 Å². The Morgan fingerprint density at radius 2 is 1.64 bits per heavy atom. The maximum absolute atomic E-state index is 13.0. The molecule has 1 N–H and O–H groups in total. The third-order valence-corrected chi connectivity index (χ3v) is 4.99. The first-order valence-electron chi connectivity index (χ1n) is 9.73. The number of nitrogens with zero attached hydrogens (tertiary/aromatic N) is 1. The van der Waals surface area contributed by atoms with Gasteiger partial charge in [-0.2, -0.15) is 0 Å². The second-order valence-electron chi connectivity index (χ2n) is 7.41.